The van der Waals surface area contributed by atoms with E-state index >= 15 is 0 Å². The van der Waals surface area contributed by atoms with Crippen LogP contribution in [-0.2, 0) is 19.6 Å². The summed E-state index contributed by atoms with van der Waals surface area (Å²) in [5.41, 5.74) is 3.45. The average molecular weight is 525 g/mol. The third-order valence-corrected chi connectivity index (χ3v) is 5.37. The highest BCUT2D eigenvalue weighted by atomic mass is 127. The number of guanidine groups is 1. The predicted molar refractivity (Wildman–Crippen MR) is 133 cm³/mol. The molecule has 1 fully saturated rings. The molecule has 0 atom stereocenters. The Bertz CT molecular complexity index is 788. The van der Waals surface area contributed by atoms with Crippen LogP contribution in [0.15, 0.2) is 53.5 Å². The van der Waals surface area contributed by atoms with Crippen molar-refractivity contribution in [3.05, 3.63) is 71.0 Å². The van der Waals surface area contributed by atoms with Gasteiger partial charge in [0.15, 0.2) is 5.96 Å². The maximum atomic E-state index is 13.3. The van der Waals surface area contributed by atoms with Crippen LogP contribution in [0.4, 0.5) is 4.39 Å². The molecule has 0 amide bonds. The Morgan fingerprint density at radius 1 is 0.900 bits per heavy atom. The van der Waals surface area contributed by atoms with Gasteiger partial charge in [-0.3, -0.25) is 9.89 Å². The minimum atomic E-state index is -0.223. The molecule has 2 aromatic carbocycles. The average Bonchev–Trinajstić information content (AvgIpc) is 2.75. The molecule has 30 heavy (non-hydrogen) atoms. The summed E-state index contributed by atoms with van der Waals surface area (Å²) in [4.78, 5) is 9.26. The van der Waals surface area contributed by atoms with Crippen LogP contribution in [0.2, 0.25) is 0 Å². The third-order valence-electron chi connectivity index (χ3n) is 5.37. The molecule has 0 aliphatic carbocycles. The molecule has 0 saturated carbocycles. The SMILES string of the molecule is CCN1CCN(Cc2ccc(CNC(=NC)NCc3cccc(F)c3)cc2)CC1.I. The summed E-state index contributed by atoms with van der Waals surface area (Å²) < 4.78 is 13.3. The molecule has 2 aromatic rings. The number of aliphatic imine (C=N–C) groups is 1. The lowest BCUT2D eigenvalue weighted by Gasteiger charge is -2.34. The number of hydrogen-bond acceptors (Lipinski definition) is 3. The zero-order chi connectivity index (χ0) is 20.5. The van der Waals surface area contributed by atoms with Crippen LogP contribution in [0.25, 0.3) is 0 Å². The van der Waals surface area contributed by atoms with Gasteiger partial charge in [-0.1, -0.05) is 43.3 Å². The maximum Gasteiger partial charge on any atom is 0.191 e. The van der Waals surface area contributed by atoms with Gasteiger partial charge in [0.2, 0.25) is 0 Å². The molecule has 5 nitrogen and oxygen atoms in total. The van der Waals surface area contributed by atoms with Crippen LogP contribution in [0.5, 0.6) is 0 Å². The van der Waals surface area contributed by atoms with E-state index in [4.69, 9.17) is 0 Å². The van der Waals surface area contributed by atoms with Crippen LogP contribution >= 0.6 is 24.0 Å². The molecular weight excluding hydrogens is 492 g/mol. The van der Waals surface area contributed by atoms with E-state index < -0.39 is 0 Å². The first-order valence-electron chi connectivity index (χ1n) is 10.4. The number of benzene rings is 2. The Kier molecular flexibility index (Phi) is 10.5. The molecule has 1 heterocycles. The van der Waals surface area contributed by atoms with Gasteiger partial charge < -0.3 is 15.5 Å². The molecular formula is C23H33FIN5. The van der Waals surface area contributed by atoms with E-state index in [-0.39, 0.29) is 29.8 Å². The zero-order valence-electron chi connectivity index (χ0n) is 17.9. The molecule has 0 bridgehead atoms. The Morgan fingerprint density at radius 2 is 1.50 bits per heavy atom. The van der Waals surface area contributed by atoms with Crippen molar-refractivity contribution in [2.24, 2.45) is 4.99 Å². The van der Waals surface area contributed by atoms with Gasteiger partial charge in [-0.2, -0.15) is 0 Å². The van der Waals surface area contributed by atoms with Gasteiger partial charge in [0.05, 0.1) is 0 Å². The van der Waals surface area contributed by atoms with E-state index in [9.17, 15) is 4.39 Å². The molecule has 164 valence electrons. The fourth-order valence-corrected chi connectivity index (χ4v) is 3.52. The first kappa shape index (κ1) is 24.6. The van der Waals surface area contributed by atoms with Crippen molar-refractivity contribution in [2.75, 3.05) is 39.8 Å². The van der Waals surface area contributed by atoms with Crippen molar-refractivity contribution < 1.29 is 4.39 Å². The van der Waals surface area contributed by atoms with Crippen LogP contribution in [0.3, 0.4) is 0 Å². The number of hydrogen-bond donors (Lipinski definition) is 2. The lowest BCUT2D eigenvalue weighted by molar-refractivity contribution is 0.132. The van der Waals surface area contributed by atoms with Crippen molar-refractivity contribution in [3.63, 3.8) is 0 Å². The van der Waals surface area contributed by atoms with Crippen molar-refractivity contribution in [1.82, 2.24) is 20.4 Å². The zero-order valence-corrected chi connectivity index (χ0v) is 20.2. The number of halogens is 2. The number of nitrogens with zero attached hydrogens (tertiary/aromatic N) is 3. The summed E-state index contributed by atoms with van der Waals surface area (Å²) in [7, 11) is 1.74. The summed E-state index contributed by atoms with van der Waals surface area (Å²) in [6, 6.07) is 15.4. The predicted octanol–water partition coefficient (Wildman–Crippen LogP) is 3.45. The van der Waals surface area contributed by atoms with Gasteiger partial charge in [0, 0.05) is 52.9 Å². The number of likely N-dealkylation sites (N-methyl/N-ethyl adjacent to an activating group) is 1. The summed E-state index contributed by atoms with van der Waals surface area (Å²) in [5.74, 6) is 0.478. The minimum absolute atomic E-state index is 0. The first-order valence-corrected chi connectivity index (χ1v) is 10.4. The van der Waals surface area contributed by atoms with Crippen molar-refractivity contribution in [2.45, 2.75) is 26.6 Å². The second kappa shape index (κ2) is 12.9. The van der Waals surface area contributed by atoms with E-state index in [0.717, 1.165) is 31.7 Å². The standard InChI is InChI=1S/C23H32FN5.HI/c1-3-28-11-13-29(14-12-28)18-20-9-7-19(8-10-20)16-26-23(25-2)27-17-21-5-4-6-22(24)15-21;/h4-10,15H,3,11-14,16-18H2,1-2H3,(H2,25,26,27);1H. The van der Waals surface area contributed by atoms with E-state index in [2.05, 4.69) is 56.6 Å². The van der Waals surface area contributed by atoms with Crippen LogP contribution in [-0.4, -0.2) is 55.5 Å². The van der Waals surface area contributed by atoms with Crippen LogP contribution < -0.4 is 10.6 Å². The maximum absolute atomic E-state index is 13.3. The summed E-state index contributed by atoms with van der Waals surface area (Å²) in [5, 5.41) is 6.53. The number of nitrogens with one attached hydrogen (secondary N) is 2. The Morgan fingerprint density at radius 3 is 2.10 bits per heavy atom. The lowest BCUT2D eigenvalue weighted by atomic mass is 10.1. The normalized spacial score (nSPS) is 15.5. The van der Waals surface area contributed by atoms with E-state index in [1.807, 2.05) is 6.07 Å². The van der Waals surface area contributed by atoms with Crippen LogP contribution in [0.1, 0.15) is 23.6 Å². The fourth-order valence-electron chi connectivity index (χ4n) is 3.52. The molecule has 0 unspecified atom stereocenters. The highest BCUT2D eigenvalue weighted by molar-refractivity contribution is 14.0. The highest BCUT2D eigenvalue weighted by Crippen LogP contribution is 2.10. The fraction of sp³-hybridized carbons (Fsp3) is 0.435. The second-order valence-corrected chi connectivity index (χ2v) is 7.44. The molecule has 2 N–H and O–H groups in total. The lowest BCUT2D eigenvalue weighted by Crippen LogP contribution is -2.45. The second-order valence-electron chi connectivity index (χ2n) is 7.44. The topological polar surface area (TPSA) is 42.9 Å². The van der Waals surface area contributed by atoms with Gasteiger partial charge in [-0.25, -0.2) is 4.39 Å². The molecule has 0 aromatic heterocycles. The van der Waals surface area contributed by atoms with Gasteiger partial charge in [0.25, 0.3) is 0 Å². The Balaban J connectivity index is 0.00000320. The molecule has 3 rings (SSSR count). The molecule has 1 saturated heterocycles. The number of rotatable bonds is 7. The van der Waals surface area contributed by atoms with Gasteiger partial charge in [0.1, 0.15) is 5.82 Å². The van der Waals surface area contributed by atoms with Crippen molar-refractivity contribution >= 4 is 29.9 Å². The molecule has 1 aliphatic heterocycles. The molecule has 0 spiro atoms. The van der Waals surface area contributed by atoms with E-state index in [1.165, 1.54) is 36.3 Å². The monoisotopic (exact) mass is 525 g/mol. The van der Waals surface area contributed by atoms with Crippen molar-refractivity contribution in [3.8, 4) is 0 Å². The quantitative estimate of drug-likeness (QED) is 0.330. The van der Waals surface area contributed by atoms with Crippen molar-refractivity contribution in [1.29, 1.82) is 0 Å². The Hall–Kier alpha value is -1.71. The number of piperazine rings is 1. The molecule has 1 aliphatic rings. The third kappa shape index (κ3) is 7.85. The van der Waals surface area contributed by atoms with Crippen LogP contribution in [0, 0.1) is 5.82 Å². The minimum Gasteiger partial charge on any atom is -0.352 e. The molecule has 0 radical (unpaired) electrons. The van der Waals surface area contributed by atoms with E-state index in [1.54, 1.807) is 13.1 Å². The largest absolute Gasteiger partial charge is 0.352 e. The highest BCUT2D eigenvalue weighted by Gasteiger charge is 2.15. The van der Waals surface area contributed by atoms with Gasteiger partial charge in [-0.05, 0) is 35.4 Å². The summed E-state index contributed by atoms with van der Waals surface area (Å²) in [6.45, 7) is 10.2. The smallest absolute Gasteiger partial charge is 0.191 e. The first-order chi connectivity index (χ1) is 14.2. The van der Waals surface area contributed by atoms with Gasteiger partial charge in [-0.15, -0.1) is 24.0 Å². The van der Waals surface area contributed by atoms with Gasteiger partial charge >= 0.3 is 0 Å². The Labute approximate surface area is 196 Å². The summed E-state index contributed by atoms with van der Waals surface area (Å²) in [6.07, 6.45) is 0. The molecule has 7 heteroatoms. The van der Waals surface area contributed by atoms with E-state index in [0.29, 0.717) is 19.0 Å². The summed E-state index contributed by atoms with van der Waals surface area (Å²) >= 11 is 0.